The Morgan fingerprint density at radius 3 is 2.68 bits per heavy atom. The van der Waals surface area contributed by atoms with Crippen LogP contribution in [-0.2, 0) is 0 Å². The van der Waals surface area contributed by atoms with E-state index in [1.165, 1.54) is 30.5 Å². The van der Waals surface area contributed by atoms with Crippen molar-refractivity contribution in [2.45, 2.75) is 51.9 Å². The fourth-order valence-electron chi connectivity index (χ4n) is 4.74. The summed E-state index contributed by atoms with van der Waals surface area (Å²) in [7, 11) is 0. The van der Waals surface area contributed by atoms with Crippen LogP contribution in [0.4, 0.5) is 0 Å². The number of pyridine rings is 2. The van der Waals surface area contributed by atoms with Gasteiger partial charge in [-0.25, -0.2) is 0 Å². The first-order chi connectivity index (χ1) is 10.6. The van der Waals surface area contributed by atoms with Crippen molar-refractivity contribution in [3.63, 3.8) is 0 Å². The molecule has 0 saturated heterocycles. The Hall–Kier alpha value is -1.70. The average molecular weight is 292 g/mol. The summed E-state index contributed by atoms with van der Waals surface area (Å²) in [6.45, 7) is 7.19. The average Bonchev–Trinajstić information content (AvgIpc) is 2.55. The monoisotopic (exact) mass is 292 g/mol. The van der Waals surface area contributed by atoms with Gasteiger partial charge in [0.1, 0.15) is 0 Å². The van der Waals surface area contributed by atoms with Crippen molar-refractivity contribution in [1.29, 1.82) is 0 Å². The molecule has 22 heavy (non-hydrogen) atoms. The van der Waals surface area contributed by atoms with Crippen molar-refractivity contribution in [3.8, 4) is 11.4 Å². The second-order valence-corrected chi connectivity index (χ2v) is 7.50. The maximum atomic E-state index is 5.07. The van der Waals surface area contributed by atoms with E-state index < -0.39 is 0 Å². The molecular formula is C20H24N2. The maximum absolute atomic E-state index is 5.07. The van der Waals surface area contributed by atoms with Gasteiger partial charge >= 0.3 is 0 Å². The van der Waals surface area contributed by atoms with Gasteiger partial charge < -0.3 is 0 Å². The highest BCUT2D eigenvalue weighted by molar-refractivity contribution is 5.56. The van der Waals surface area contributed by atoms with E-state index in [0.717, 1.165) is 17.3 Å². The standard InChI is InChI=1S/C20H24N2/c1-4-7-13-15-12-16(20(15,2)3)14-9-10-18(22-19(13)14)17-8-5-6-11-21-17/h5-6,8-11,13,15-16H,4,7,12H2,1-3H3/t13-,15+,16-/m0/s1. The van der Waals surface area contributed by atoms with Gasteiger partial charge in [0.2, 0.25) is 0 Å². The van der Waals surface area contributed by atoms with Gasteiger partial charge in [-0.15, -0.1) is 0 Å². The van der Waals surface area contributed by atoms with E-state index in [9.17, 15) is 0 Å². The molecule has 0 spiro atoms. The Labute approximate surface area is 133 Å². The van der Waals surface area contributed by atoms with Gasteiger partial charge in [-0.2, -0.15) is 0 Å². The molecule has 1 saturated carbocycles. The highest BCUT2D eigenvalue weighted by Gasteiger charge is 2.56. The minimum Gasteiger partial charge on any atom is -0.255 e. The minimum absolute atomic E-state index is 0.445. The molecule has 2 aromatic heterocycles. The van der Waals surface area contributed by atoms with E-state index in [2.05, 4.69) is 44.0 Å². The van der Waals surface area contributed by atoms with Crippen LogP contribution in [-0.4, -0.2) is 9.97 Å². The zero-order valence-electron chi connectivity index (χ0n) is 13.7. The Kier molecular flexibility index (Phi) is 3.11. The summed E-state index contributed by atoms with van der Waals surface area (Å²) in [4.78, 5) is 9.53. The molecule has 0 amide bonds. The molecule has 1 fully saturated rings. The molecule has 2 aromatic rings. The van der Waals surface area contributed by atoms with Crippen LogP contribution in [0.5, 0.6) is 0 Å². The Balaban J connectivity index is 1.81. The molecule has 2 heterocycles. The predicted molar refractivity (Wildman–Crippen MR) is 89.7 cm³/mol. The summed E-state index contributed by atoms with van der Waals surface area (Å²) in [5.74, 6) is 2.13. The zero-order valence-corrected chi connectivity index (χ0v) is 13.7. The topological polar surface area (TPSA) is 25.8 Å². The van der Waals surface area contributed by atoms with Crippen molar-refractivity contribution >= 4 is 0 Å². The first kappa shape index (κ1) is 13.9. The molecule has 3 aliphatic rings. The van der Waals surface area contributed by atoms with Crippen LogP contribution in [0.2, 0.25) is 0 Å². The highest BCUT2D eigenvalue weighted by Crippen LogP contribution is 2.67. The van der Waals surface area contributed by atoms with Gasteiger partial charge in [-0.1, -0.05) is 39.3 Å². The minimum atomic E-state index is 0.445. The van der Waals surface area contributed by atoms with Crippen LogP contribution < -0.4 is 0 Å². The summed E-state index contributed by atoms with van der Waals surface area (Å²) in [6, 6.07) is 10.5. The summed E-state index contributed by atoms with van der Waals surface area (Å²) in [5, 5.41) is 0. The van der Waals surface area contributed by atoms with Crippen LogP contribution in [0.15, 0.2) is 36.5 Å². The lowest BCUT2D eigenvalue weighted by Gasteiger charge is -2.60. The van der Waals surface area contributed by atoms with E-state index >= 15 is 0 Å². The predicted octanol–water partition coefficient (Wildman–Crippen LogP) is 5.17. The summed E-state index contributed by atoms with van der Waals surface area (Å²) >= 11 is 0. The first-order valence-corrected chi connectivity index (χ1v) is 8.55. The third kappa shape index (κ3) is 1.86. The van der Waals surface area contributed by atoms with E-state index in [1.807, 2.05) is 18.3 Å². The Bertz CT molecular complexity index is 690. The summed E-state index contributed by atoms with van der Waals surface area (Å²) in [5.41, 5.74) is 5.33. The molecule has 0 unspecified atom stereocenters. The third-order valence-corrected chi connectivity index (χ3v) is 6.04. The molecule has 114 valence electrons. The van der Waals surface area contributed by atoms with Crippen LogP contribution in [0.1, 0.15) is 63.1 Å². The number of nitrogens with zero attached hydrogens (tertiary/aromatic N) is 2. The quantitative estimate of drug-likeness (QED) is 0.780. The molecule has 0 radical (unpaired) electrons. The zero-order chi connectivity index (χ0) is 15.3. The van der Waals surface area contributed by atoms with E-state index in [-0.39, 0.29) is 0 Å². The third-order valence-electron chi connectivity index (χ3n) is 6.04. The molecule has 0 aromatic carbocycles. The molecule has 3 atom stereocenters. The lowest BCUT2D eigenvalue weighted by molar-refractivity contribution is -0.00988. The summed E-state index contributed by atoms with van der Waals surface area (Å²) in [6.07, 6.45) is 5.69. The Morgan fingerprint density at radius 1 is 1.14 bits per heavy atom. The van der Waals surface area contributed by atoms with Crippen LogP contribution in [0.25, 0.3) is 11.4 Å². The van der Waals surface area contributed by atoms with E-state index in [0.29, 0.717) is 17.3 Å². The fourth-order valence-corrected chi connectivity index (χ4v) is 4.74. The van der Waals surface area contributed by atoms with Gasteiger partial charge in [-0.3, -0.25) is 9.97 Å². The number of hydrogen-bond donors (Lipinski definition) is 0. The van der Waals surface area contributed by atoms with Crippen molar-refractivity contribution < 1.29 is 0 Å². The second kappa shape index (κ2) is 4.91. The lowest BCUT2D eigenvalue weighted by Crippen LogP contribution is -2.50. The Morgan fingerprint density at radius 2 is 2.00 bits per heavy atom. The fraction of sp³-hybridized carbons (Fsp3) is 0.500. The molecule has 0 N–H and O–H groups in total. The summed E-state index contributed by atoms with van der Waals surface area (Å²) < 4.78 is 0. The maximum Gasteiger partial charge on any atom is 0.0889 e. The molecular weight excluding hydrogens is 268 g/mol. The molecule has 0 aliphatic heterocycles. The smallest absolute Gasteiger partial charge is 0.0889 e. The van der Waals surface area contributed by atoms with Gasteiger partial charge in [0.25, 0.3) is 0 Å². The number of aromatic nitrogens is 2. The van der Waals surface area contributed by atoms with Gasteiger partial charge in [0.15, 0.2) is 0 Å². The van der Waals surface area contributed by atoms with Gasteiger partial charge in [-0.05, 0) is 53.9 Å². The van der Waals surface area contributed by atoms with Crippen LogP contribution in [0.3, 0.4) is 0 Å². The molecule has 2 bridgehead atoms. The van der Waals surface area contributed by atoms with Crippen LogP contribution in [0, 0.1) is 11.3 Å². The second-order valence-electron chi connectivity index (χ2n) is 7.50. The van der Waals surface area contributed by atoms with Crippen LogP contribution >= 0.6 is 0 Å². The lowest BCUT2D eigenvalue weighted by atomic mass is 9.44. The van der Waals surface area contributed by atoms with Gasteiger partial charge in [0, 0.05) is 17.8 Å². The molecule has 3 aliphatic carbocycles. The first-order valence-electron chi connectivity index (χ1n) is 8.55. The number of hydrogen-bond acceptors (Lipinski definition) is 2. The van der Waals surface area contributed by atoms with Crippen molar-refractivity contribution in [3.05, 3.63) is 47.8 Å². The van der Waals surface area contributed by atoms with Crippen molar-refractivity contribution in [2.24, 2.45) is 11.3 Å². The van der Waals surface area contributed by atoms with Crippen molar-refractivity contribution in [1.82, 2.24) is 9.97 Å². The van der Waals surface area contributed by atoms with Crippen molar-refractivity contribution in [2.75, 3.05) is 0 Å². The molecule has 2 nitrogen and oxygen atoms in total. The van der Waals surface area contributed by atoms with E-state index in [1.54, 1.807) is 0 Å². The molecule has 2 heteroatoms. The SMILES string of the molecule is CCC[C@@H]1c2nc(-c3ccccn3)ccc2[C@@H]2C[C@H]1C2(C)C. The number of rotatable bonds is 3. The highest BCUT2D eigenvalue weighted by atomic mass is 14.8. The van der Waals surface area contributed by atoms with Gasteiger partial charge in [0.05, 0.1) is 11.4 Å². The van der Waals surface area contributed by atoms with E-state index in [4.69, 9.17) is 4.98 Å². The molecule has 5 rings (SSSR count). The largest absolute Gasteiger partial charge is 0.255 e. The normalized spacial score (nSPS) is 27.9.